The highest BCUT2D eigenvalue weighted by Crippen LogP contribution is 2.39. The molecule has 3 aromatic rings. The van der Waals surface area contributed by atoms with Crippen LogP contribution in [0.5, 0.6) is 5.75 Å². The molecule has 1 aliphatic rings. The van der Waals surface area contributed by atoms with Crippen LogP contribution in [0.1, 0.15) is 22.7 Å². The summed E-state index contributed by atoms with van der Waals surface area (Å²) in [4.78, 5) is 30.4. The van der Waals surface area contributed by atoms with Crippen LogP contribution in [0.15, 0.2) is 83.1 Å². The first-order valence-corrected chi connectivity index (χ1v) is 10.4. The lowest BCUT2D eigenvalue weighted by Crippen LogP contribution is -2.29. The molecular weight excluding hydrogens is 460 g/mol. The van der Waals surface area contributed by atoms with Crippen molar-refractivity contribution in [3.8, 4) is 5.75 Å². The second-order valence-electron chi connectivity index (χ2n) is 7.10. The summed E-state index contributed by atoms with van der Waals surface area (Å²) < 4.78 is 6.00. The Kier molecular flexibility index (Phi) is 5.86. The number of benzene rings is 2. The molecule has 1 saturated heterocycles. The van der Waals surface area contributed by atoms with Crippen molar-refractivity contribution in [2.75, 3.05) is 7.11 Å². The topological polar surface area (TPSA) is 83.8 Å². The first-order valence-electron chi connectivity index (χ1n) is 9.61. The molecule has 1 N–H and O–H groups in total. The maximum absolute atomic E-state index is 13.4. The van der Waals surface area contributed by atoms with Gasteiger partial charge in [-0.3, -0.25) is 9.59 Å². The van der Waals surface area contributed by atoms with Crippen LogP contribution in [-0.2, 0) is 16.1 Å². The normalized spacial score (nSPS) is 17.7. The van der Waals surface area contributed by atoms with Gasteiger partial charge in [-0.2, -0.15) is 0 Å². The fraction of sp³-hybridized carbons (Fsp3) is 0.125. The van der Waals surface area contributed by atoms with Crippen LogP contribution in [0.3, 0.4) is 0 Å². The van der Waals surface area contributed by atoms with Crippen LogP contribution in [0, 0.1) is 0 Å². The van der Waals surface area contributed by atoms with Crippen molar-refractivity contribution >= 4 is 33.4 Å². The van der Waals surface area contributed by atoms with Gasteiger partial charge in [0.05, 0.1) is 19.7 Å². The minimum absolute atomic E-state index is 0.0441. The number of methoxy groups -OCH3 is 1. The monoisotopic (exact) mass is 478 g/mol. The number of carbonyl (C=O) groups is 2. The summed E-state index contributed by atoms with van der Waals surface area (Å²) >= 11 is 3.40. The summed E-state index contributed by atoms with van der Waals surface area (Å²) in [6.45, 7) is 0.196. The van der Waals surface area contributed by atoms with E-state index in [0.29, 0.717) is 16.9 Å². The minimum atomic E-state index is -0.775. The molecule has 1 unspecified atom stereocenters. The summed E-state index contributed by atoms with van der Waals surface area (Å²) in [5.74, 6) is -1.32. The number of rotatable bonds is 5. The Bertz CT molecular complexity index is 1140. The molecule has 1 atom stereocenters. The molecule has 156 valence electrons. The average molecular weight is 479 g/mol. The summed E-state index contributed by atoms with van der Waals surface area (Å²) in [7, 11) is 1.53. The largest absolute Gasteiger partial charge is 0.872 e. The molecule has 0 saturated carbocycles. The third kappa shape index (κ3) is 4.09. The third-order valence-corrected chi connectivity index (χ3v) is 5.72. The lowest BCUT2D eigenvalue weighted by Gasteiger charge is -2.27. The number of nitrogens with one attached hydrogen (secondary N) is 1. The Balaban J connectivity index is 1.84. The highest BCUT2D eigenvalue weighted by molar-refractivity contribution is 9.10. The number of aromatic nitrogens is 1. The smallest absolute Gasteiger partial charge is 0.295 e. The number of hydrogen-bond donors (Lipinski definition) is 0. The standard InChI is InChI=1S/C24H19BrN2O4/c1-31-19-10-6-17(7-11-19)22(28)20-21(16-4-8-18(25)9-5-16)27(24(30)23(20)29)14-15-3-2-12-26-13-15/h2-13,21,28H,14H2,1H3. The molecule has 0 radical (unpaired) electrons. The van der Waals surface area contributed by atoms with Gasteiger partial charge in [0, 0.05) is 21.7 Å². The zero-order chi connectivity index (χ0) is 22.0. The third-order valence-electron chi connectivity index (χ3n) is 5.19. The Hall–Kier alpha value is -3.45. The second-order valence-corrected chi connectivity index (χ2v) is 8.01. The Labute approximate surface area is 187 Å². The number of amides is 1. The van der Waals surface area contributed by atoms with Crippen LogP contribution in [0.25, 0.3) is 5.76 Å². The number of pyridine rings is 1. The number of hydrogen-bond acceptors (Lipinski definition) is 4. The van der Waals surface area contributed by atoms with Gasteiger partial charge in [0.1, 0.15) is 5.75 Å². The molecule has 1 amide bonds. The molecule has 2 heterocycles. The number of nitrogens with zero attached hydrogens (tertiary/aromatic N) is 1. The van der Waals surface area contributed by atoms with Gasteiger partial charge < -0.3 is 14.7 Å². The number of ether oxygens (including phenoxy) is 1. The van der Waals surface area contributed by atoms with E-state index in [1.165, 1.54) is 12.0 Å². The fourth-order valence-corrected chi connectivity index (χ4v) is 3.91. The van der Waals surface area contributed by atoms with Crippen LogP contribution in [-0.4, -0.2) is 23.7 Å². The average Bonchev–Trinajstić information content (AvgIpc) is 3.05. The van der Waals surface area contributed by atoms with Crippen molar-refractivity contribution in [2.24, 2.45) is 0 Å². The summed E-state index contributed by atoms with van der Waals surface area (Å²) in [5.41, 5.74) is 1.80. The van der Waals surface area contributed by atoms with Crippen molar-refractivity contribution in [3.05, 3.63) is 99.8 Å². The molecule has 0 spiro atoms. The molecule has 1 fully saturated rings. The zero-order valence-corrected chi connectivity index (χ0v) is 18.3. The number of ketones is 1. The quantitative estimate of drug-likeness (QED) is 0.320. The van der Waals surface area contributed by atoms with Gasteiger partial charge in [-0.1, -0.05) is 46.0 Å². The predicted octanol–water partition coefficient (Wildman–Crippen LogP) is 2.70. The van der Waals surface area contributed by atoms with Crippen LogP contribution in [0.4, 0.5) is 0 Å². The van der Waals surface area contributed by atoms with Crippen LogP contribution < -0.4 is 14.8 Å². The van der Waals surface area contributed by atoms with E-state index >= 15 is 0 Å². The number of Topliss-reactive ketones (excluding diaryl/α,β-unsaturated/α-hetero) is 1. The SMILES string of the molecule is COc1ccc(C([O-])=C2C(=O)C(=O)N(Cc3ccc[nH+]c3)C2c2ccc(Br)cc2)cc1. The number of carbonyl (C=O) groups excluding carboxylic acids is 2. The van der Waals surface area contributed by atoms with E-state index in [9.17, 15) is 14.7 Å². The van der Waals surface area contributed by atoms with Gasteiger partial charge in [0.15, 0.2) is 12.4 Å². The number of aromatic amines is 1. The van der Waals surface area contributed by atoms with Crippen molar-refractivity contribution in [2.45, 2.75) is 12.6 Å². The lowest BCUT2D eigenvalue weighted by atomic mass is 9.95. The maximum atomic E-state index is 13.4. The minimum Gasteiger partial charge on any atom is -0.872 e. The van der Waals surface area contributed by atoms with Crippen LogP contribution in [0.2, 0.25) is 0 Å². The molecule has 7 heteroatoms. The van der Waals surface area contributed by atoms with Gasteiger partial charge in [-0.15, -0.1) is 0 Å². The molecule has 1 aromatic heterocycles. The molecule has 6 nitrogen and oxygen atoms in total. The van der Waals surface area contributed by atoms with E-state index in [2.05, 4.69) is 20.9 Å². The zero-order valence-electron chi connectivity index (χ0n) is 16.7. The van der Waals surface area contributed by atoms with E-state index in [1.54, 1.807) is 36.7 Å². The predicted molar refractivity (Wildman–Crippen MR) is 115 cm³/mol. The van der Waals surface area contributed by atoms with E-state index in [-0.39, 0.29) is 12.1 Å². The van der Waals surface area contributed by atoms with Gasteiger partial charge in [-0.25, -0.2) is 4.98 Å². The Morgan fingerprint density at radius 3 is 2.42 bits per heavy atom. The number of halogens is 1. The molecule has 4 rings (SSSR count). The van der Waals surface area contributed by atoms with Gasteiger partial charge in [-0.05, 0) is 41.5 Å². The Morgan fingerprint density at radius 2 is 1.81 bits per heavy atom. The highest BCUT2D eigenvalue weighted by atomic mass is 79.9. The molecule has 2 aromatic carbocycles. The van der Waals surface area contributed by atoms with Gasteiger partial charge in [0.25, 0.3) is 5.91 Å². The van der Waals surface area contributed by atoms with E-state index in [0.717, 1.165) is 10.0 Å². The fourth-order valence-electron chi connectivity index (χ4n) is 3.65. The Morgan fingerprint density at radius 1 is 1.10 bits per heavy atom. The van der Waals surface area contributed by atoms with Crippen molar-refractivity contribution in [1.29, 1.82) is 0 Å². The van der Waals surface area contributed by atoms with E-state index in [1.807, 2.05) is 36.4 Å². The molecule has 0 bridgehead atoms. The van der Waals surface area contributed by atoms with Crippen molar-refractivity contribution in [3.63, 3.8) is 0 Å². The molecule has 0 aliphatic carbocycles. The summed E-state index contributed by atoms with van der Waals surface area (Å²) in [5, 5.41) is 13.4. The van der Waals surface area contributed by atoms with Gasteiger partial charge >= 0.3 is 0 Å². The van der Waals surface area contributed by atoms with E-state index in [4.69, 9.17) is 4.74 Å². The summed E-state index contributed by atoms with van der Waals surface area (Å²) in [6.07, 6.45) is 3.52. The van der Waals surface area contributed by atoms with Gasteiger partial charge in [0.2, 0.25) is 5.78 Å². The number of likely N-dealkylation sites (tertiary alicyclic amines) is 1. The van der Waals surface area contributed by atoms with Crippen molar-refractivity contribution < 1.29 is 24.4 Å². The number of H-pyrrole nitrogens is 1. The maximum Gasteiger partial charge on any atom is 0.295 e. The van der Waals surface area contributed by atoms with Crippen LogP contribution >= 0.6 is 15.9 Å². The van der Waals surface area contributed by atoms with Crippen molar-refractivity contribution in [1.82, 2.24) is 4.90 Å². The lowest BCUT2D eigenvalue weighted by molar-refractivity contribution is -0.378. The van der Waals surface area contributed by atoms with E-state index < -0.39 is 23.5 Å². The first-order chi connectivity index (χ1) is 15.0. The molecule has 1 aliphatic heterocycles. The highest BCUT2D eigenvalue weighted by Gasteiger charge is 2.44. The molecule has 31 heavy (non-hydrogen) atoms. The summed E-state index contributed by atoms with van der Waals surface area (Å²) in [6, 6.07) is 16.7. The first kappa shape index (κ1) is 20.8. The second kappa shape index (κ2) is 8.73. The molecular formula is C24H19BrN2O4.